The summed E-state index contributed by atoms with van der Waals surface area (Å²) in [5.41, 5.74) is 4.79. The standard InChI is InChI=1S/C19H15N3OS/c1-22-18(4-6-21-22)19(23)9-13-2-3-14-10-16(11-20-17(14)8-13)15-5-7-24-12-15/h2-8,10-12H,9H2,1H3. The van der Waals surface area contributed by atoms with Gasteiger partial charge < -0.3 is 0 Å². The maximum atomic E-state index is 12.4. The first-order chi connectivity index (χ1) is 11.7. The second-order valence-electron chi connectivity index (χ2n) is 5.70. The van der Waals surface area contributed by atoms with Crippen molar-refractivity contribution in [3.63, 3.8) is 0 Å². The highest BCUT2D eigenvalue weighted by Gasteiger charge is 2.11. The molecule has 0 saturated carbocycles. The van der Waals surface area contributed by atoms with Crippen LogP contribution in [0.4, 0.5) is 0 Å². The van der Waals surface area contributed by atoms with Gasteiger partial charge in [-0.1, -0.05) is 12.1 Å². The van der Waals surface area contributed by atoms with Crippen LogP contribution in [0, 0.1) is 0 Å². The number of pyridine rings is 1. The van der Waals surface area contributed by atoms with E-state index in [0.29, 0.717) is 12.1 Å². The van der Waals surface area contributed by atoms with Crippen LogP contribution < -0.4 is 0 Å². The summed E-state index contributed by atoms with van der Waals surface area (Å²) < 4.78 is 1.61. The lowest BCUT2D eigenvalue weighted by atomic mass is 10.0. The van der Waals surface area contributed by atoms with E-state index in [2.05, 4.69) is 33.0 Å². The van der Waals surface area contributed by atoms with Crippen molar-refractivity contribution in [3.05, 3.63) is 70.8 Å². The first kappa shape index (κ1) is 14.8. The minimum atomic E-state index is 0.0595. The average molecular weight is 333 g/mol. The fourth-order valence-electron chi connectivity index (χ4n) is 2.79. The monoisotopic (exact) mass is 333 g/mol. The van der Waals surface area contributed by atoms with Crippen molar-refractivity contribution in [3.8, 4) is 11.1 Å². The largest absolute Gasteiger partial charge is 0.292 e. The minimum absolute atomic E-state index is 0.0595. The SMILES string of the molecule is Cn1nccc1C(=O)Cc1ccc2cc(-c3ccsc3)cnc2c1. The molecule has 24 heavy (non-hydrogen) atoms. The van der Waals surface area contributed by atoms with Gasteiger partial charge in [-0.15, -0.1) is 0 Å². The highest BCUT2D eigenvalue weighted by atomic mass is 32.1. The zero-order valence-corrected chi connectivity index (χ0v) is 14.0. The lowest BCUT2D eigenvalue weighted by Gasteiger charge is -2.05. The normalized spacial score (nSPS) is 11.0. The van der Waals surface area contributed by atoms with Gasteiger partial charge in [0.15, 0.2) is 5.78 Å². The van der Waals surface area contributed by atoms with Crippen molar-refractivity contribution in [2.75, 3.05) is 0 Å². The molecule has 0 aliphatic rings. The van der Waals surface area contributed by atoms with Gasteiger partial charge in [0.1, 0.15) is 5.69 Å². The molecule has 4 rings (SSSR count). The molecule has 0 amide bonds. The number of nitrogens with zero attached hydrogens (tertiary/aromatic N) is 3. The fourth-order valence-corrected chi connectivity index (χ4v) is 3.45. The third kappa shape index (κ3) is 2.74. The molecule has 0 atom stereocenters. The van der Waals surface area contributed by atoms with E-state index in [1.54, 1.807) is 35.3 Å². The van der Waals surface area contributed by atoms with Gasteiger partial charge in [-0.05, 0) is 46.2 Å². The first-order valence-electron chi connectivity index (χ1n) is 7.63. The highest BCUT2D eigenvalue weighted by Crippen LogP contribution is 2.25. The van der Waals surface area contributed by atoms with Gasteiger partial charge in [-0.3, -0.25) is 14.5 Å². The molecule has 4 nitrogen and oxygen atoms in total. The fraction of sp³-hybridized carbons (Fsp3) is 0.105. The number of Topliss-reactive ketones (excluding diaryl/α,β-unsaturated/α-hetero) is 1. The van der Waals surface area contributed by atoms with E-state index in [1.807, 2.05) is 24.4 Å². The van der Waals surface area contributed by atoms with Gasteiger partial charge >= 0.3 is 0 Å². The number of ketones is 1. The molecule has 0 radical (unpaired) electrons. The summed E-state index contributed by atoms with van der Waals surface area (Å²) in [6.07, 6.45) is 3.88. The molecule has 4 aromatic rings. The average Bonchev–Trinajstić information content (AvgIpc) is 3.26. The Bertz CT molecular complexity index is 1020. The Labute approximate surface area is 143 Å². The molecular formula is C19H15N3OS. The molecule has 0 N–H and O–H groups in total. The molecule has 0 aliphatic carbocycles. The van der Waals surface area contributed by atoms with Crippen LogP contribution in [-0.4, -0.2) is 20.5 Å². The Morgan fingerprint density at radius 1 is 1.17 bits per heavy atom. The second-order valence-corrected chi connectivity index (χ2v) is 6.48. The van der Waals surface area contributed by atoms with E-state index < -0.39 is 0 Å². The zero-order chi connectivity index (χ0) is 16.5. The van der Waals surface area contributed by atoms with Gasteiger partial charge in [-0.2, -0.15) is 16.4 Å². The Morgan fingerprint density at radius 2 is 2.08 bits per heavy atom. The second kappa shape index (κ2) is 6.02. The first-order valence-corrected chi connectivity index (χ1v) is 8.57. The maximum Gasteiger partial charge on any atom is 0.185 e. The van der Waals surface area contributed by atoms with Crippen LogP contribution in [0.3, 0.4) is 0 Å². The molecule has 3 heterocycles. The number of aromatic nitrogens is 3. The van der Waals surface area contributed by atoms with Crippen molar-refractivity contribution < 1.29 is 4.79 Å². The molecule has 3 aromatic heterocycles. The predicted molar refractivity (Wildman–Crippen MR) is 96.3 cm³/mol. The van der Waals surface area contributed by atoms with E-state index in [9.17, 15) is 4.79 Å². The van der Waals surface area contributed by atoms with Crippen LogP contribution >= 0.6 is 11.3 Å². The number of thiophene rings is 1. The van der Waals surface area contributed by atoms with Gasteiger partial charge in [-0.25, -0.2) is 0 Å². The van der Waals surface area contributed by atoms with Crippen molar-refractivity contribution in [1.82, 2.24) is 14.8 Å². The molecule has 5 heteroatoms. The number of carbonyl (C=O) groups is 1. The maximum absolute atomic E-state index is 12.4. The van der Waals surface area contributed by atoms with E-state index in [0.717, 1.165) is 22.0 Å². The lowest BCUT2D eigenvalue weighted by molar-refractivity contribution is 0.0984. The van der Waals surface area contributed by atoms with E-state index in [4.69, 9.17) is 0 Å². The van der Waals surface area contributed by atoms with Crippen LogP contribution in [0.1, 0.15) is 16.1 Å². The van der Waals surface area contributed by atoms with E-state index >= 15 is 0 Å². The van der Waals surface area contributed by atoms with Crippen LogP contribution in [-0.2, 0) is 13.5 Å². The summed E-state index contributed by atoms with van der Waals surface area (Å²) in [7, 11) is 1.78. The van der Waals surface area contributed by atoms with E-state index in [-0.39, 0.29) is 5.78 Å². The van der Waals surface area contributed by atoms with Crippen LogP contribution in [0.2, 0.25) is 0 Å². The number of hydrogen-bond donors (Lipinski definition) is 0. The summed E-state index contributed by atoms with van der Waals surface area (Å²) in [5, 5.41) is 9.30. The third-order valence-electron chi connectivity index (χ3n) is 4.07. The van der Waals surface area contributed by atoms with Gasteiger partial charge in [0.25, 0.3) is 0 Å². The summed E-state index contributed by atoms with van der Waals surface area (Å²) >= 11 is 1.68. The van der Waals surface area contributed by atoms with Crippen LogP contribution in [0.25, 0.3) is 22.0 Å². The Balaban J connectivity index is 1.63. The minimum Gasteiger partial charge on any atom is -0.292 e. The number of aryl methyl sites for hydroxylation is 1. The molecular weight excluding hydrogens is 318 g/mol. The topological polar surface area (TPSA) is 47.8 Å². The summed E-state index contributed by atoms with van der Waals surface area (Å²) in [5.74, 6) is 0.0595. The molecule has 0 saturated heterocycles. The van der Waals surface area contributed by atoms with Crippen LogP contribution in [0.5, 0.6) is 0 Å². The lowest BCUT2D eigenvalue weighted by Crippen LogP contribution is -2.09. The third-order valence-corrected chi connectivity index (χ3v) is 4.76. The Hall–Kier alpha value is -2.79. The van der Waals surface area contributed by atoms with Gasteiger partial charge in [0.2, 0.25) is 0 Å². The smallest absolute Gasteiger partial charge is 0.185 e. The van der Waals surface area contributed by atoms with Crippen molar-refractivity contribution in [2.45, 2.75) is 6.42 Å². The molecule has 0 bridgehead atoms. The molecule has 118 valence electrons. The Morgan fingerprint density at radius 3 is 2.83 bits per heavy atom. The van der Waals surface area contributed by atoms with Gasteiger partial charge in [0, 0.05) is 36.8 Å². The van der Waals surface area contributed by atoms with Gasteiger partial charge in [0.05, 0.1) is 5.52 Å². The summed E-state index contributed by atoms with van der Waals surface area (Å²) in [4.78, 5) is 16.9. The molecule has 0 fully saturated rings. The molecule has 0 spiro atoms. The number of rotatable bonds is 4. The van der Waals surface area contributed by atoms with Crippen molar-refractivity contribution in [2.24, 2.45) is 7.05 Å². The van der Waals surface area contributed by atoms with Crippen LogP contribution in [0.15, 0.2) is 59.6 Å². The number of fused-ring (bicyclic) bond motifs is 1. The molecule has 0 unspecified atom stereocenters. The number of benzene rings is 1. The summed E-state index contributed by atoms with van der Waals surface area (Å²) in [6.45, 7) is 0. The quantitative estimate of drug-likeness (QED) is 0.528. The van der Waals surface area contributed by atoms with E-state index in [1.165, 1.54) is 5.56 Å². The predicted octanol–water partition coefficient (Wildman–Crippen LogP) is 4.12. The zero-order valence-electron chi connectivity index (χ0n) is 13.1. The molecule has 1 aromatic carbocycles. The summed E-state index contributed by atoms with van der Waals surface area (Å²) in [6, 6.07) is 12.0. The highest BCUT2D eigenvalue weighted by molar-refractivity contribution is 7.08. The number of carbonyl (C=O) groups excluding carboxylic acids is 1. The number of hydrogen-bond acceptors (Lipinski definition) is 4. The van der Waals surface area contributed by atoms with Crippen molar-refractivity contribution in [1.29, 1.82) is 0 Å². The molecule has 0 aliphatic heterocycles. The van der Waals surface area contributed by atoms with Crippen molar-refractivity contribution >= 4 is 28.0 Å². The Kier molecular flexibility index (Phi) is 3.70.